The molecule has 0 aliphatic rings. The largest absolute Gasteiger partial charge is 0.487 e. The van der Waals surface area contributed by atoms with E-state index in [0.29, 0.717) is 0 Å². The summed E-state index contributed by atoms with van der Waals surface area (Å²) in [6.45, 7) is -1.05. The number of benzene rings is 1. The van der Waals surface area contributed by atoms with Crippen LogP contribution in [-0.2, 0) is 0 Å². The van der Waals surface area contributed by atoms with Crippen molar-refractivity contribution in [2.75, 3.05) is 6.61 Å². The first-order valence-electron chi connectivity index (χ1n) is 3.95. The fraction of sp³-hybridized carbons (Fsp3) is 0.333. The number of aliphatic hydroxyl groups is 1. The molecule has 1 N–H and O–H groups in total. The van der Waals surface area contributed by atoms with Crippen LogP contribution in [0.2, 0.25) is 0 Å². The van der Waals surface area contributed by atoms with Gasteiger partial charge in [-0.3, -0.25) is 0 Å². The highest BCUT2D eigenvalue weighted by atomic mass is 19.4. The van der Waals surface area contributed by atoms with Gasteiger partial charge in [-0.15, -0.1) is 0 Å². The number of ether oxygens (including phenoxy) is 1. The van der Waals surface area contributed by atoms with E-state index < -0.39 is 30.5 Å². The maximum absolute atomic E-state index is 12.8. The molecule has 0 saturated carbocycles. The highest BCUT2D eigenvalue weighted by Crippen LogP contribution is 2.21. The molecule has 2 nitrogen and oxygen atoms in total. The van der Waals surface area contributed by atoms with E-state index in [1.807, 2.05) is 0 Å². The van der Waals surface area contributed by atoms with Crippen LogP contribution in [0.15, 0.2) is 18.2 Å². The quantitative estimate of drug-likeness (QED) is 0.793. The molecule has 1 aromatic rings. The van der Waals surface area contributed by atoms with E-state index in [2.05, 4.69) is 10.8 Å². The molecule has 6 heteroatoms. The molecule has 0 saturated heterocycles. The standard InChI is InChI=1S/C9H7F4O2/c10-6-3-1-2-4-7(6)15-5-8(14)9(11,12)13/h1-3,8,14H,5H2. The van der Waals surface area contributed by atoms with Crippen molar-refractivity contribution in [1.82, 2.24) is 0 Å². The molecule has 15 heavy (non-hydrogen) atoms. The summed E-state index contributed by atoms with van der Waals surface area (Å²) in [5, 5.41) is 8.55. The molecule has 0 heterocycles. The Bertz CT molecular complexity index is 324. The predicted octanol–water partition coefficient (Wildman–Crippen LogP) is 1.93. The summed E-state index contributed by atoms with van der Waals surface area (Å²) < 4.78 is 52.7. The van der Waals surface area contributed by atoms with Gasteiger partial charge in [-0.1, -0.05) is 12.1 Å². The zero-order chi connectivity index (χ0) is 11.5. The predicted molar refractivity (Wildman–Crippen MR) is 42.8 cm³/mol. The van der Waals surface area contributed by atoms with Gasteiger partial charge in [0.25, 0.3) is 0 Å². The van der Waals surface area contributed by atoms with Gasteiger partial charge in [-0.25, -0.2) is 4.39 Å². The first-order valence-corrected chi connectivity index (χ1v) is 3.95. The third-order valence-electron chi connectivity index (χ3n) is 1.53. The summed E-state index contributed by atoms with van der Waals surface area (Å²) in [6.07, 6.45) is -7.41. The summed E-state index contributed by atoms with van der Waals surface area (Å²) in [5.74, 6) is -1.27. The number of hydrogen-bond acceptors (Lipinski definition) is 2. The Labute approximate surface area is 83.1 Å². The zero-order valence-electron chi connectivity index (χ0n) is 7.38. The molecule has 0 bridgehead atoms. The second-order valence-electron chi connectivity index (χ2n) is 2.72. The van der Waals surface area contributed by atoms with E-state index in [1.54, 1.807) is 0 Å². The van der Waals surface area contributed by atoms with E-state index in [4.69, 9.17) is 5.11 Å². The SMILES string of the molecule is OC(COc1[c]cccc1F)C(F)(F)F. The average molecular weight is 223 g/mol. The van der Waals surface area contributed by atoms with E-state index >= 15 is 0 Å². The number of halogens is 4. The van der Waals surface area contributed by atoms with Gasteiger partial charge < -0.3 is 9.84 Å². The molecular weight excluding hydrogens is 216 g/mol. The third kappa shape index (κ3) is 3.39. The number of rotatable bonds is 3. The van der Waals surface area contributed by atoms with Crippen LogP contribution in [0.4, 0.5) is 17.6 Å². The lowest BCUT2D eigenvalue weighted by molar-refractivity contribution is -0.210. The maximum atomic E-state index is 12.8. The van der Waals surface area contributed by atoms with Gasteiger partial charge in [-0.2, -0.15) is 13.2 Å². The molecule has 1 atom stereocenters. The Morgan fingerprint density at radius 2 is 2.13 bits per heavy atom. The Morgan fingerprint density at radius 1 is 1.47 bits per heavy atom. The van der Waals surface area contributed by atoms with Crippen molar-refractivity contribution in [3.05, 3.63) is 30.1 Å². The van der Waals surface area contributed by atoms with Crippen molar-refractivity contribution in [2.45, 2.75) is 12.3 Å². The van der Waals surface area contributed by atoms with Gasteiger partial charge >= 0.3 is 6.18 Å². The van der Waals surface area contributed by atoms with Crippen molar-refractivity contribution >= 4 is 0 Å². The second kappa shape index (κ2) is 4.48. The molecule has 1 radical (unpaired) electrons. The first kappa shape index (κ1) is 11.8. The Morgan fingerprint density at radius 3 is 2.67 bits per heavy atom. The minimum Gasteiger partial charge on any atom is -0.487 e. The topological polar surface area (TPSA) is 29.5 Å². The Hall–Kier alpha value is -1.30. The normalized spacial score (nSPS) is 13.7. The first-order chi connectivity index (χ1) is 6.91. The monoisotopic (exact) mass is 223 g/mol. The lowest BCUT2D eigenvalue weighted by Gasteiger charge is -2.15. The van der Waals surface area contributed by atoms with Crippen LogP contribution >= 0.6 is 0 Å². The number of para-hydroxylation sites is 1. The molecule has 1 rings (SSSR count). The summed E-state index contributed by atoms with van der Waals surface area (Å²) in [5.41, 5.74) is 0. The molecule has 0 aliphatic carbocycles. The van der Waals surface area contributed by atoms with E-state index in [-0.39, 0.29) is 0 Å². The van der Waals surface area contributed by atoms with Gasteiger partial charge in [0.2, 0.25) is 0 Å². The van der Waals surface area contributed by atoms with Crippen LogP contribution in [0.1, 0.15) is 0 Å². The molecule has 83 valence electrons. The van der Waals surface area contributed by atoms with Gasteiger partial charge in [0, 0.05) is 6.07 Å². The van der Waals surface area contributed by atoms with Crippen LogP contribution in [0.3, 0.4) is 0 Å². The van der Waals surface area contributed by atoms with E-state index in [9.17, 15) is 17.6 Å². The van der Waals surface area contributed by atoms with Crippen LogP contribution < -0.4 is 4.74 Å². The lowest BCUT2D eigenvalue weighted by atomic mass is 10.3. The van der Waals surface area contributed by atoms with Crippen molar-refractivity contribution in [3.63, 3.8) is 0 Å². The minimum atomic E-state index is -4.77. The van der Waals surface area contributed by atoms with Gasteiger partial charge in [-0.05, 0) is 6.07 Å². The van der Waals surface area contributed by atoms with Crippen LogP contribution in [0, 0.1) is 11.9 Å². The Balaban J connectivity index is 2.55. The van der Waals surface area contributed by atoms with E-state index in [0.717, 1.165) is 6.07 Å². The van der Waals surface area contributed by atoms with Crippen LogP contribution in [0.5, 0.6) is 5.75 Å². The van der Waals surface area contributed by atoms with Gasteiger partial charge in [0.05, 0.1) is 0 Å². The summed E-state index contributed by atoms with van der Waals surface area (Å²) >= 11 is 0. The number of hydrogen-bond donors (Lipinski definition) is 1. The van der Waals surface area contributed by atoms with Gasteiger partial charge in [0.1, 0.15) is 6.61 Å². The number of alkyl halides is 3. The van der Waals surface area contributed by atoms with Crippen LogP contribution in [-0.4, -0.2) is 24.0 Å². The molecular formula is C9H7F4O2. The molecule has 0 fully saturated rings. The fourth-order valence-electron chi connectivity index (χ4n) is 0.768. The zero-order valence-corrected chi connectivity index (χ0v) is 7.38. The molecule has 0 spiro atoms. The van der Waals surface area contributed by atoms with Crippen LogP contribution in [0.25, 0.3) is 0 Å². The van der Waals surface area contributed by atoms with Crippen molar-refractivity contribution in [3.8, 4) is 5.75 Å². The highest BCUT2D eigenvalue weighted by Gasteiger charge is 2.38. The van der Waals surface area contributed by atoms with Gasteiger partial charge in [0.15, 0.2) is 17.7 Å². The smallest absolute Gasteiger partial charge is 0.417 e. The summed E-state index contributed by atoms with van der Waals surface area (Å²) in [7, 11) is 0. The molecule has 0 aromatic heterocycles. The number of aliphatic hydroxyl groups excluding tert-OH is 1. The minimum absolute atomic E-state index is 0.444. The molecule has 1 aromatic carbocycles. The highest BCUT2D eigenvalue weighted by molar-refractivity contribution is 5.22. The maximum Gasteiger partial charge on any atom is 0.417 e. The summed E-state index contributed by atoms with van der Waals surface area (Å²) in [4.78, 5) is 0. The molecule has 0 amide bonds. The average Bonchev–Trinajstić information content (AvgIpc) is 2.14. The second-order valence-corrected chi connectivity index (χ2v) is 2.72. The van der Waals surface area contributed by atoms with E-state index in [1.165, 1.54) is 12.1 Å². The third-order valence-corrected chi connectivity index (χ3v) is 1.53. The van der Waals surface area contributed by atoms with Crippen molar-refractivity contribution in [1.29, 1.82) is 0 Å². The lowest BCUT2D eigenvalue weighted by Crippen LogP contribution is -2.34. The molecule has 0 aliphatic heterocycles. The van der Waals surface area contributed by atoms with Crippen molar-refractivity contribution in [2.24, 2.45) is 0 Å². The fourth-order valence-corrected chi connectivity index (χ4v) is 0.768. The summed E-state index contributed by atoms with van der Waals surface area (Å²) in [6, 6.07) is 5.90. The Kier molecular flexibility index (Phi) is 3.52. The molecule has 1 unspecified atom stereocenters. The van der Waals surface area contributed by atoms with Crippen molar-refractivity contribution < 1.29 is 27.4 Å².